The molecular formula is C18H19N3O3S. The fraction of sp³-hybridized carbons (Fsp3) is 0.278. The molecule has 0 saturated heterocycles. The molecule has 2 N–H and O–H groups in total. The first-order valence-electron chi connectivity index (χ1n) is 7.74. The van der Waals surface area contributed by atoms with Crippen molar-refractivity contribution in [3.8, 4) is 6.07 Å². The number of amides is 2. The van der Waals surface area contributed by atoms with E-state index in [4.69, 9.17) is 9.68 Å². The molecule has 0 spiro atoms. The van der Waals surface area contributed by atoms with Gasteiger partial charge in [-0.05, 0) is 48.3 Å². The van der Waals surface area contributed by atoms with Gasteiger partial charge in [0, 0.05) is 5.69 Å². The van der Waals surface area contributed by atoms with Crippen LogP contribution in [0.2, 0.25) is 0 Å². The van der Waals surface area contributed by atoms with E-state index in [1.807, 2.05) is 6.26 Å². The van der Waals surface area contributed by atoms with E-state index in [1.165, 1.54) is 6.26 Å². The smallest absolute Gasteiger partial charge is 0.287 e. The van der Waals surface area contributed by atoms with Crippen LogP contribution < -0.4 is 10.6 Å². The molecule has 2 amide bonds. The summed E-state index contributed by atoms with van der Waals surface area (Å²) in [5.74, 6) is 0.192. The molecule has 1 atom stereocenters. The predicted molar refractivity (Wildman–Crippen MR) is 97.3 cm³/mol. The van der Waals surface area contributed by atoms with Crippen LogP contribution in [0.15, 0.2) is 47.1 Å². The summed E-state index contributed by atoms with van der Waals surface area (Å²) in [6, 6.07) is 11.6. The van der Waals surface area contributed by atoms with Crippen molar-refractivity contribution in [1.82, 2.24) is 5.32 Å². The number of hydrogen-bond acceptors (Lipinski definition) is 5. The van der Waals surface area contributed by atoms with Crippen molar-refractivity contribution in [1.29, 1.82) is 5.26 Å². The lowest BCUT2D eigenvalue weighted by molar-refractivity contribution is -0.118. The number of carbonyl (C=O) groups is 2. The van der Waals surface area contributed by atoms with Gasteiger partial charge in [0.05, 0.1) is 18.8 Å². The molecule has 0 radical (unpaired) electrons. The Hall–Kier alpha value is -2.72. The third kappa shape index (κ3) is 5.69. The topological polar surface area (TPSA) is 95.1 Å². The summed E-state index contributed by atoms with van der Waals surface area (Å²) in [7, 11) is 0. The Balaban J connectivity index is 2.01. The fourth-order valence-corrected chi connectivity index (χ4v) is 2.64. The predicted octanol–water partition coefficient (Wildman–Crippen LogP) is 2.84. The number of benzene rings is 1. The summed E-state index contributed by atoms with van der Waals surface area (Å²) in [4.78, 5) is 24.6. The zero-order valence-corrected chi connectivity index (χ0v) is 14.6. The van der Waals surface area contributed by atoms with Gasteiger partial charge in [0.2, 0.25) is 5.91 Å². The van der Waals surface area contributed by atoms with Crippen molar-refractivity contribution in [3.05, 3.63) is 54.0 Å². The van der Waals surface area contributed by atoms with Crippen LogP contribution in [0.25, 0.3) is 0 Å². The van der Waals surface area contributed by atoms with Gasteiger partial charge in [0.1, 0.15) is 6.04 Å². The number of furan rings is 1. The third-order valence-electron chi connectivity index (χ3n) is 3.48. The molecular weight excluding hydrogens is 338 g/mol. The van der Waals surface area contributed by atoms with Gasteiger partial charge in [-0.15, -0.1) is 0 Å². The summed E-state index contributed by atoms with van der Waals surface area (Å²) in [5.41, 5.74) is 1.50. The maximum Gasteiger partial charge on any atom is 0.287 e. The van der Waals surface area contributed by atoms with E-state index in [1.54, 1.807) is 48.2 Å². The molecule has 130 valence electrons. The van der Waals surface area contributed by atoms with Gasteiger partial charge in [-0.25, -0.2) is 0 Å². The molecule has 1 heterocycles. The van der Waals surface area contributed by atoms with Crippen molar-refractivity contribution in [2.24, 2.45) is 0 Å². The first-order valence-corrected chi connectivity index (χ1v) is 9.13. The molecule has 0 aliphatic heterocycles. The average Bonchev–Trinajstić information content (AvgIpc) is 3.15. The van der Waals surface area contributed by atoms with Crippen molar-refractivity contribution in [3.63, 3.8) is 0 Å². The molecule has 6 nitrogen and oxygen atoms in total. The Morgan fingerprint density at radius 1 is 1.28 bits per heavy atom. The maximum absolute atomic E-state index is 12.5. The number of thioether (sulfide) groups is 1. The first-order chi connectivity index (χ1) is 12.1. The number of nitrogens with one attached hydrogen (secondary N) is 2. The largest absolute Gasteiger partial charge is 0.459 e. The van der Waals surface area contributed by atoms with Gasteiger partial charge in [0.15, 0.2) is 5.76 Å². The van der Waals surface area contributed by atoms with Gasteiger partial charge in [-0.3, -0.25) is 9.59 Å². The average molecular weight is 357 g/mol. The number of anilines is 1. The fourth-order valence-electron chi connectivity index (χ4n) is 2.17. The highest BCUT2D eigenvalue weighted by molar-refractivity contribution is 7.98. The quantitative estimate of drug-likeness (QED) is 0.757. The molecule has 1 aromatic heterocycles. The highest BCUT2D eigenvalue weighted by Gasteiger charge is 2.22. The minimum atomic E-state index is -0.663. The number of rotatable bonds is 8. The van der Waals surface area contributed by atoms with Crippen LogP contribution in [0.4, 0.5) is 5.69 Å². The van der Waals surface area contributed by atoms with E-state index in [9.17, 15) is 9.59 Å². The second kappa shape index (κ2) is 9.55. The van der Waals surface area contributed by atoms with Gasteiger partial charge in [-0.2, -0.15) is 17.0 Å². The van der Waals surface area contributed by atoms with Gasteiger partial charge in [-0.1, -0.05) is 12.1 Å². The first kappa shape index (κ1) is 18.6. The highest BCUT2D eigenvalue weighted by atomic mass is 32.2. The van der Waals surface area contributed by atoms with Crippen molar-refractivity contribution in [2.75, 3.05) is 17.3 Å². The molecule has 7 heteroatoms. The molecule has 1 unspecified atom stereocenters. The van der Waals surface area contributed by atoms with Crippen molar-refractivity contribution in [2.45, 2.75) is 18.9 Å². The summed E-state index contributed by atoms with van der Waals surface area (Å²) < 4.78 is 5.06. The maximum atomic E-state index is 12.5. The SMILES string of the molecule is CSCCC(NC(=O)c1ccco1)C(=O)Nc1ccc(CC#N)cc1. The lowest BCUT2D eigenvalue weighted by Crippen LogP contribution is -2.44. The van der Waals surface area contributed by atoms with Crippen molar-refractivity contribution < 1.29 is 14.0 Å². The van der Waals surface area contributed by atoms with Crippen LogP contribution in [-0.4, -0.2) is 29.9 Å². The summed E-state index contributed by atoms with van der Waals surface area (Å²) >= 11 is 1.60. The minimum Gasteiger partial charge on any atom is -0.459 e. The van der Waals surface area contributed by atoms with Gasteiger partial charge in [0.25, 0.3) is 5.91 Å². The van der Waals surface area contributed by atoms with Crippen LogP contribution in [0, 0.1) is 11.3 Å². The number of nitrogens with zero attached hydrogens (tertiary/aromatic N) is 1. The van der Waals surface area contributed by atoms with E-state index in [2.05, 4.69) is 16.7 Å². The summed E-state index contributed by atoms with van der Waals surface area (Å²) in [6.07, 6.45) is 4.18. The standard InChI is InChI=1S/C18H19N3O3S/c1-25-12-9-15(21-18(23)16-3-2-11-24-16)17(22)20-14-6-4-13(5-7-14)8-10-19/h2-7,11,15H,8-9,12H2,1H3,(H,20,22)(H,21,23). The third-order valence-corrected chi connectivity index (χ3v) is 4.13. The zero-order valence-electron chi connectivity index (χ0n) is 13.8. The van der Waals surface area contributed by atoms with E-state index in [0.717, 1.165) is 11.3 Å². The van der Waals surface area contributed by atoms with Crippen LogP contribution in [-0.2, 0) is 11.2 Å². The molecule has 0 aliphatic rings. The molecule has 25 heavy (non-hydrogen) atoms. The highest BCUT2D eigenvalue weighted by Crippen LogP contribution is 2.12. The number of hydrogen-bond donors (Lipinski definition) is 2. The Labute approximate surface area is 150 Å². The Kier molecular flexibility index (Phi) is 7.11. The molecule has 0 bridgehead atoms. The lowest BCUT2D eigenvalue weighted by atomic mass is 10.1. The molecule has 0 saturated carbocycles. The Morgan fingerprint density at radius 2 is 2.04 bits per heavy atom. The van der Waals surface area contributed by atoms with E-state index >= 15 is 0 Å². The van der Waals surface area contributed by atoms with Crippen LogP contribution in [0.1, 0.15) is 22.5 Å². The Bertz CT molecular complexity index is 736. The molecule has 0 fully saturated rings. The minimum absolute atomic E-state index is 0.169. The normalized spacial score (nSPS) is 11.4. The van der Waals surface area contributed by atoms with E-state index < -0.39 is 11.9 Å². The van der Waals surface area contributed by atoms with Gasteiger partial charge >= 0.3 is 0 Å². The number of nitriles is 1. The zero-order chi connectivity index (χ0) is 18.1. The summed E-state index contributed by atoms with van der Waals surface area (Å²) in [5, 5.41) is 14.2. The lowest BCUT2D eigenvalue weighted by Gasteiger charge is -2.17. The molecule has 1 aromatic carbocycles. The molecule has 2 aromatic rings. The van der Waals surface area contributed by atoms with Crippen LogP contribution in [0.5, 0.6) is 0 Å². The molecule has 0 aliphatic carbocycles. The Morgan fingerprint density at radius 3 is 2.64 bits per heavy atom. The van der Waals surface area contributed by atoms with Gasteiger partial charge < -0.3 is 15.1 Å². The van der Waals surface area contributed by atoms with Crippen LogP contribution in [0.3, 0.4) is 0 Å². The second-order valence-electron chi connectivity index (χ2n) is 5.31. The van der Waals surface area contributed by atoms with Crippen LogP contribution >= 0.6 is 11.8 Å². The molecule has 2 rings (SSSR count). The van der Waals surface area contributed by atoms with E-state index in [-0.39, 0.29) is 11.7 Å². The number of carbonyl (C=O) groups excluding carboxylic acids is 2. The summed E-state index contributed by atoms with van der Waals surface area (Å²) in [6.45, 7) is 0. The monoisotopic (exact) mass is 357 g/mol. The second-order valence-corrected chi connectivity index (χ2v) is 6.29. The van der Waals surface area contributed by atoms with Crippen molar-refractivity contribution >= 4 is 29.3 Å². The van der Waals surface area contributed by atoms with E-state index in [0.29, 0.717) is 18.5 Å².